The summed E-state index contributed by atoms with van der Waals surface area (Å²) in [5.74, 6) is -0.345. The molecule has 0 saturated heterocycles. The Morgan fingerprint density at radius 2 is 2.30 bits per heavy atom. The van der Waals surface area contributed by atoms with Crippen LogP contribution in [-0.4, -0.2) is 29.4 Å². The van der Waals surface area contributed by atoms with Crippen molar-refractivity contribution in [3.05, 3.63) is 0 Å². The lowest BCUT2D eigenvalue weighted by Gasteiger charge is -2.12. The molecule has 0 saturated carbocycles. The molecule has 60 valence electrons. The molecule has 0 aromatic carbocycles. The van der Waals surface area contributed by atoms with E-state index in [0.29, 0.717) is 0 Å². The summed E-state index contributed by atoms with van der Waals surface area (Å²) in [5, 5.41) is 8.82. The molecule has 2 atom stereocenters. The van der Waals surface area contributed by atoms with Crippen molar-refractivity contribution >= 4 is 17.9 Å². The van der Waals surface area contributed by atoms with Gasteiger partial charge in [-0.05, 0) is 6.92 Å². The van der Waals surface area contributed by atoms with Gasteiger partial charge in [0.1, 0.15) is 6.04 Å². The van der Waals surface area contributed by atoms with Gasteiger partial charge in [-0.2, -0.15) is 0 Å². The number of hydrogen-bond donors (Lipinski definition) is 3. The number of aliphatic hydroxyl groups excluding tert-OH is 1. The normalized spacial score (nSPS) is 16.0. The van der Waals surface area contributed by atoms with Gasteiger partial charge in [0.15, 0.2) is 0 Å². The molecule has 0 bridgehead atoms. The molecule has 0 aliphatic carbocycles. The summed E-state index contributed by atoms with van der Waals surface area (Å²) in [7, 11) is 0. The van der Waals surface area contributed by atoms with Crippen LogP contribution in [0.1, 0.15) is 6.92 Å². The van der Waals surface area contributed by atoms with Gasteiger partial charge in [0.25, 0.3) is 0 Å². The Labute approximate surface area is 64.3 Å². The Morgan fingerprint density at radius 3 is 2.60 bits per heavy atom. The molecule has 4 N–H and O–H groups in total. The fourth-order valence-electron chi connectivity index (χ4n) is 0.388. The SMILES string of the molecule is CSNC(=O)[C@@H](N)[C@@H](C)O. The molecule has 10 heavy (non-hydrogen) atoms. The number of amides is 1. The van der Waals surface area contributed by atoms with E-state index in [-0.39, 0.29) is 5.91 Å². The van der Waals surface area contributed by atoms with Gasteiger partial charge in [-0.25, -0.2) is 0 Å². The molecule has 0 heterocycles. The molecule has 1 amide bonds. The van der Waals surface area contributed by atoms with Gasteiger partial charge in [0, 0.05) is 6.26 Å². The lowest BCUT2D eigenvalue weighted by Crippen LogP contribution is -2.45. The lowest BCUT2D eigenvalue weighted by atomic mass is 10.2. The molecule has 0 unspecified atom stereocenters. The van der Waals surface area contributed by atoms with Crippen molar-refractivity contribution in [1.82, 2.24) is 4.72 Å². The molecule has 0 aliphatic heterocycles. The van der Waals surface area contributed by atoms with Crippen LogP contribution in [0.4, 0.5) is 0 Å². The Balaban J connectivity index is 3.71. The van der Waals surface area contributed by atoms with Crippen LogP contribution in [0.15, 0.2) is 0 Å². The van der Waals surface area contributed by atoms with Crippen LogP contribution in [-0.2, 0) is 4.79 Å². The third-order valence-corrected chi connectivity index (χ3v) is 1.43. The minimum Gasteiger partial charge on any atom is -0.391 e. The molecule has 4 nitrogen and oxygen atoms in total. The number of aliphatic hydroxyl groups is 1. The summed E-state index contributed by atoms with van der Waals surface area (Å²) in [4.78, 5) is 10.8. The Hall–Kier alpha value is -0.260. The Bertz CT molecular complexity index is 118. The molecule has 5 heteroatoms. The van der Waals surface area contributed by atoms with E-state index in [0.717, 1.165) is 11.9 Å². The summed E-state index contributed by atoms with van der Waals surface area (Å²) < 4.78 is 2.42. The standard InChI is InChI=1S/C5H12N2O2S/c1-3(8)4(6)5(9)7-10-2/h3-4,8H,6H2,1-2H3,(H,7,9)/t3-,4+/m1/s1. The van der Waals surface area contributed by atoms with Crippen LogP contribution >= 0.6 is 11.9 Å². The van der Waals surface area contributed by atoms with E-state index in [9.17, 15) is 4.79 Å². The highest BCUT2D eigenvalue weighted by atomic mass is 32.2. The van der Waals surface area contributed by atoms with E-state index in [1.165, 1.54) is 6.92 Å². The highest BCUT2D eigenvalue weighted by Crippen LogP contribution is 1.91. The van der Waals surface area contributed by atoms with Gasteiger partial charge >= 0.3 is 0 Å². The second-order valence-corrected chi connectivity index (χ2v) is 2.55. The predicted octanol–water partition coefficient (Wildman–Crippen LogP) is -0.911. The molecule has 0 aromatic rings. The topological polar surface area (TPSA) is 75.4 Å². The van der Waals surface area contributed by atoms with Gasteiger partial charge in [0.2, 0.25) is 5.91 Å². The largest absolute Gasteiger partial charge is 0.391 e. The summed E-state index contributed by atoms with van der Waals surface area (Å²) in [5.41, 5.74) is 5.27. The highest BCUT2D eigenvalue weighted by Gasteiger charge is 2.17. The van der Waals surface area contributed by atoms with E-state index in [1.807, 2.05) is 0 Å². The zero-order chi connectivity index (χ0) is 8.15. The summed E-state index contributed by atoms with van der Waals surface area (Å²) in [6.45, 7) is 1.48. The van der Waals surface area contributed by atoms with Crippen LogP contribution < -0.4 is 10.5 Å². The fourth-order valence-corrected chi connectivity index (χ4v) is 0.725. The average molecular weight is 164 g/mol. The first-order valence-electron chi connectivity index (χ1n) is 2.86. The van der Waals surface area contributed by atoms with Crippen molar-refractivity contribution in [2.75, 3.05) is 6.26 Å². The summed E-state index contributed by atoms with van der Waals surface area (Å²) in [6.07, 6.45) is 0.916. The third-order valence-electron chi connectivity index (χ3n) is 1.03. The van der Waals surface area contributed by atoms with Crippen LogP contribution in [0.2, 0.25) is 0 Å². The number of nitrogens with two attached hydrogens (primary N) is 1. The van der Waals surface area contributed by atoms with Crippen molar-refractivity contribution in [1.29, 1.82) is 0 Å². The second-order valence-electron chi connectivity index (χ2n) is 1.94. The molecule has 0 aliphatic rings. The molecular weight excluding hydrogens is 152 g/mol. The van der Waals surface area contributed by atoms with Crippen LogP contribution in [0.3, 0.4) is 0 Å². The van der Waals surface area contributed by atoms with Crippen molar-refractivity contribution in [3.8, 4) is 0 Å². The predicted molar refractivity (Wildman–Crippen MR) is 41.3 cm³/mol. The molecule has 0 rings (SSSR count). The van der Waals surface area contributed by atoms with Gasteiger partial charge in [-0.15, -0.1) is 0 Å². The maximum atomic E-state index is 10.8. The van der Waals surface area contributed by atoms with Crippen molar-refractivity contribution in [2.24, 2.45) is 5.73 Å². The summed E-state index contributed by atoms with van der Waals surface area (Å²) in [6, 6.07) is -0.826. The number of carbonyl (C=O) groups is 1. The van der Waals surface area contributed by atoms with Crippen molar-refractivity contribution < 1.29 is 9.90 Å². The molecule has 0 aromatic heterocycles. The number of rotatable bonds is 3. The zero-order valence-electron chi connectivity index (χ0n) is 6.00. The first-order chi connectivity index (χ1) is 4.59. The van der Waals surface area contributed by atoms with Gasteiger partial charge in [-0.3, -0.25) is 9.52 Å². The third kappa shape index (κ3) is 3.05. The average Bonchev–Trinajstić information content (AvgIpc) is 1.87. The monoisotopic (exact) mass is 164 g/mol. The number of hydrogen-bond acceptors (Lipinski definition) is 4. The molecular formula is C5H12N2O2S. The van der Waals surface area contributed by atoms with E-state index in [2.05, 4.69) is 4.72 Å². The van der Waals surface area contributed by atoms with Gasteiger partial charge in [-0.1, -0.05) is 11.9 Å². The maximum absolute atomic E-state index is 10.8. The minimum absolute atomic E-state index is 0.345. The van der Waals surface area contributed by atoms with E-state index < -0.39 is 12.1 Å². The first-order valence-corrected chi connectivity index (χ1v) is 4.08. The Kier molecular flexibility index (Phi) is 4.42. The maximum Gasteiger partial charge on any atom is 0.249 e. The zero-order valence-corrected chi connectivity index (χ0v) is 6.81. The number of nitrogens with one attached hydrogen (secondary N) is 1. The van der Waals surface area contributed by atoms with Crippen molar-refractivity contribution in [3.63, 3.8) is 0 Å². The molecule has 0 radical (unpaired) electrons. The van der Waals surface area contributed by atoms with Crippen LogP contribution in [0, 0.1) is 0 Å². The molecule has 0 spiro atoms. The molecule has 0 fully saturated rings. The Morgan fingerprint density at radius 1 is 1.80 bits per heavy atom. The van der Waals surface area contributed by atoms with Crippen LogP contribution in [0.25, 0.3) is 0 Å². The minimum atomic E-state index is -0.826. The summed E-state index contributed by atoms with van der Waals surface area (Å²) >= 11 is 1.16. The quantitative estimate of drug-likeness (QED) is 0.472. The fraction of sp³-hybridized carbons (Fsp3) is 0.800. The van der Waals surface area contributed by atoms with Gasteiger partial charge < -0.3 is 10.8 Å². The van der Waals surface area contributed by atoms with Gasteiger partial charge in [0.05, 0.1) is 6.10 Å². The number of carbonyl (C=O) groups excluding carboxylic acids is 1. The lowest BCUT2D eigenvalue weighted by molar-refractivity contribution is -0.122. The van der Waals surface area contributed by atoms with Crippen molar-refractivity contribution in [2.45, 2.75) is 19.1 Å². The van der Waals surface area contributed by atoms with E-state index in [1.54, 1.807) is 6.26 Å². The smallest absolute Gasteiger partial charge is 0.249 e. The van der Waals surface area contributed by atoms with E-state index >= 15 is 0 Å². The first kappa shape index (κ1) is 9.74. The highest BCUT2D eigenvalue weighted by molar-refractivity contribution is 7.97. The second kappa shape index (κ2) is 4.54. The van der Waals surface area contributed by atoms with E-state index in [4.69, 9.17) is 10.8 Å². The van der Waals surface area contributed by atoms with Crippen LogP contribution in [0.5, 0.6) is 0 Å².